The van der Waals surface area contributed by atoms with Crippen LogP contribution in [0, 0.1) is 23.6 Å². The van der Waals surface area contributed by atoms with Crippen molar-refractivity contribution in [2.24, 2.45) is 17.8 Å². The van der Waals surface area contributed by atoms with Gasteiger partial charge in [-0.25, -0.2) is 0 Å². The highest BCUT2D eigenvalue weighted by Crippen LogP contribution is 2.40. The molecule has 3 rings (SSSR count). The molecule has 0 bridgehead atoms. The van der Waals surface area contributed by atoms with Crippen LogP contribution < -0.4 is 9.47 Å². The van der Waals surface area contributed by atoms with Gasteiger partial charge in [-0.05, 0) is 36.3 Å². The van der Waals surface area contributed by atoms with Gasteiger partial charge in [0.15, 0.2) is 11.5 Å². The molecule has 0 aromatic heterocycles. The van der Waals surface area contributed by atoms with E-state index in [0.717, 1.165) is 31.6 Å². The lowest BCUT2D eigenvalue weighted by Crippen LogP contribution is -2.28. The lowest BCUT2D eigenvalue weighted by Gasteiger charge is -2.29. The van der Waals surface area contributed by atoms with Crippen molar-refractivity contribution in [3.8, 4) is 11.5 Å². The minimum Gasteiger partial charge on any atom is -0.429 e. The average Bonchev–Trinajstić information content (AvgIpc) is 2.66. The smallest absolute Gasteiger partial charge is 0.397 e. The molecule has 1 aliphatic heterocycles. The van der Waals surface area contributed by atoms with Crippen LogP contribution in [0.5, 0.6) is 11.5 Å². The van der Waals surface area contributed by atoms with E-state index in [4.69, 9.17) is 9.47 Å². The minimum absolute atomic E-state index is 0.276. The summed E-state index contributed by atoms with van der Waals surface area (Å²) in [4.78, 5) is 11.7. The van der Waals surface area contributed by atoms with E-state index in [1.807, 2.05) is 0 Å². The van der Waals surface area contributed by atoms with Crippen molar-refractivity contribution in [1.82, 2.24) is 0 Å². The average molecular weight is 398 g/mol. The molecule has 1 saturated carbocycles. The Labute approximate surface area is 164 Å². The molecule has 1 aliphatic carbocycles. The predicted octanol–water partition coefficient (Wildman–Crippen LogP) is 6.28. The van der Waals surface area contributed by atoms with Crippen LogP contribution in [0.2, 0.25) is 0 Å². The molecule has 3 nitrogen and oxygen atoms in total. The Kier molecular flexibility index (Phi) is 6.56. The van der Waals surface area contributed by atoms with Crippen molar-refractivity contribution in [2.45, 2.75) is 77.7 Å². The first-order chi connectivity index (χ1) is 13.3. The summed E-state index contributed by atoms with van der Waals surface area (Å²) in [5.74, 6) is -1.83. The fraction of sp³-hybridized carbons (Fsp3) is 0.682. The van der Waals surface area contributed by atoms with Crippen molar-refractivity contribution in [2.75, 3.05) is 0 Å². The number of benzene rings is 1. The molecule has 156 valence electrons. The summed E-state index contributed by atoms with van der Waals surface area (Å²) in [6.45, 7) is 3.85. The van der Waals surface area contributed by atoms with Gasteiger partial charge in [-0.2, -0.15) is 13.2 Å². The zero-order valence-electron chi connectivity index (χ0n) is 16.6. The normalized spacial score (nSPS) is 25.2. The molecule has 0 spiro atoms. The molecular formula is C22H29F3O3. The number of rotatable bonds is 7. The number of ether oxygens (including phenoxy) is 2. The second-order valence-corrected chi connectivity index (χ2v) is 8.35. The number of carbonyl (C=O) groups is 1. The summed E-state index contributed by atoms with van der Waals surface area (Å²) < 4.78 is 52.9. The third-order valence-corrected chi connectivity index (χ3v) is 6.04. The van der Waals surface area contributed by atoms with Gasteiger partial charge in [-0.1, -0.05) is 58.4 Å². The minimum atomic E-state index is -3.46. The number of halogens is 3. The van der Waals surface area contributed by atoms with Crippen LogP contribution in [0.4, 0.5) is 13.2 Å². The maximum absolute atomic E-state index is 14.6. The monoisotopic (exact) mass is 398 g/mol. The summed E-state index contributed by atoms with van der Waals surface area (Å²) in [5, 5.41) is 0. The highest BCUT2D eigenvalue weighted by molar-refractivity contribution is 5.78. The Morgan fingerprint density at radius 2 is 1.79 bits per heavy atom. The summed E-state index contributed by atoms with van der Waals surface area (Å²) in [6, 6.07) is 2.69. The predicted molar refractivity (Wildman–Crippen MR) is 100 cm³/mol. The number of alkyl halides is 2. The summed E-state index contributed by atoms with van der Waals surface area (Å²) in [6.07, 6.45) is 3.33. The van der Waals surface area contributed by atoms with Crippen LogP contribution in [0.3, 0.4) is 0 Å². The largest absolute Gasteiger partial charge is 0.429 e. The van der Waals surface area contributed by atoms with Gasteiger partial charge in [-0.3, -0.25) is 4.79 Å². The Morgan fingerprint density at radius 3 is 2.43 bits per heavy atom. The van der Waals surface area contributed by atoms with Crippen LogP contribution in [-0.4, -0.2) is 12.1 Å². The fourth-order valence-electron chi connectivity index (χ4n) is 4.34. The van der Waals surface area contributed by atoms with Crippen molar-refractivity contribution in [3.63, 3.8) is 0 Å². The molecule has 1 heterocycles. The molecule has 2 aliphatic rings. The lowest BCUT2D eigenvalue weighted by atomic mass is 9.78. The van der Waals surface area contributed by atoms with Crippen LogP contribution >= 0.6 is 0 Å². The van der Waals surface area contributed by atoms with E-state index in [1.165, 1.54) is 25.0 Å². The van der Waals surface area contributed by atoms with Crippen molar-refractivity contribution in [3.05, 3.63) is 23.5 Å². The molecule has 0 N–H and O–H groups in total. The highest BCUT2D eigenvalue weighted by atomic mass is 19.3. The Morgan fingerprint density at radius 1 is 1.14 bits per heavy atom. The van der Waals surface area contributed by atoms with Crippen molar-refractivity contribution in [1.29, 1.82) is 0 Å². The van der Waals surface area contributed by atoms with Gasteiger partial charge in [0.2, 0.25) is 5.82 Å². The molecule has 6 heteroatoms. The van der Waals surface area contributed by atoms with Crippen molar-refractivity contribution >= 4 is 5.97 Å². The van der Waals surface area contributed by atoms with Gasteiger partial charge < -0.3 is 9.47 Å². The van der Waals surface area contributed by atoms with Gasteiger partial charge in [0, 0.05) is 0 Å². The summed E-state index contributed by atoms with van der Waals surface area (Å²) >= 11 is 0. The zero-order chi connectivity index (χ0) is 20.3. The van der Waals surface area contributed by atoms with Gasteiger partial charge in [-0.15, -0.1) is 0 Å². The van der Waals surface area contributed by atoms with E-state index < -0.39 is 30.1 Å². The number of carbonyl (C=O) groups excluding carboxylic acids is 1. The molecule has 1 aromatic rings. The summed E-state index contributed by atoms with van der Waals surface area (Å²) in [7, 11) is 0. The van der Waals surface area contributed by atoms with Gasteiger partial charge in [0.25, 0.3) is 0 Å². The molecule has 28 heavy (non-hydrogen) atoms. The van der Waals surface area contributed by atoms with E-state index >= 15 is 0 Å². The first-order valence-electron chi connectivity index (χ1n) is 10.4. The van der Waals surface area contributed by atoms with E-state index in [1.54, 1.807) is 6.92 Å². The van der Waals surface area contributed by atoms with E-state index in [9.17, 15) is 18.0 Å². The van der Waals surface area contributed by atoms with Crippen LogP contribution in [0.15, 0.2) is 12.1 Å². The van der Waals surface area contributed by atoms with Gasteiger partial charge in [0.1, 0.15) is 0 Å². The third-order valence-electron chi connectivity index (χ3n) is 6.04. The van der Waals surface area contributed by atoms with Crippen LogP contribution in [-0.2, 0) is 11.2 Å². The number of hydrogen-bond acceptors (Lipinski definition) is 3. The molecule has 1 atom stereocenters. The van der Waals surface area contributed by atoms with E-state index in [0.29, 0.717) is 18.4 Å². The quantitative estimate of drug-likeness (QED) is 0.400. The maximum Gasteiger partial charge on any atom is 0.397 e. The van der Waals surface area contributed by atoms with Gasteiger partial charge in [0.05, 0.1) is 12.3 Å². The van der Waals surface area contributed by atoms with Crippen LogP contribution in [0.25, 0.3) is 0 Å². The number of fused-ring (bicyclic) bond motifs is 1. The standard InChI is InChI=1S/C22H29F3O3/c1-3-4-15-5-7-16(8-6-15)11-12-22(24,25)28-18-10-9-17-13-14(2)21(26)27-20(17)19(18)23/h9-10,14-16H,3-8,11-13H2,1-2H3. The Balaban J connectivity index is 1.57. The molecule has 1 aromatic carbocycles. The first-order valence-corrected chi connectivity index (χ1v) is 10.4. The van der Waals surface area contributed by atoms with E-state index in [2.05, 4.69) is 6.92 Å². The topological polar surface area (TPSA) is 35.5 Å². The number of hydrogen-bond donors (Lipinski definition) is 0. The lowest BCUT2D eigenvalue weighted by molar-refractivity contribution is -0.184. The van der Waals surface area contributed by atoms with Gasteiger partial charge >= 0.3 is 12.1 Å². The highest BCUT2D eigenvalue weighted by Gasteiger charge is 2.36. The fourth-order valence-corrected chi connectivity index (χ4v) is 4.34. The second-order valence-electron chi connectivity index (χ2n) is 8.35. The molecular weight excluding hydrogens is 369 g/mol. The molecule has 0 amide bonds. The Bertz CT molecular complexity index is 697. The first kappa shape index (κ1) is 21.0. The summed E-state index contributed by atoms with van der Waals surface area (Å²) in [5.41, 5.74) is 0.490. The maximum atomic E-state index is 14.6. The third kappa shape index (κ3) is 5.00. The van der Waals surface area contributed by atoms with Crippen molar-refractivity contribution < 1.29 is 27.4 Å². The Hall–Kier alpha value is -1.72. The SMILES string of the molecule is CCCC1CCC(CCC(F)(F)Oc2ccc3c(c2F)OC(=O)C(C)C3)CC1. The number of esters is 1. The van der Waals surface area contributed by atoms with Crippen LogP contribution in [0.1, 0.15) is 70.8 Å². The molecule has 0 saturated heterocycles. The zero-order valence-corrected chi connectivity index (χ0v) is 16.6. The molecule has 1 unspecified atom stereocenters. The second kappa shape index (κ2) is 8.75. The molecule has 1 fully saturated rings. The molecule has 0 radical (unpaired) electrons. The van der Waals surface area contributed by atoms with E-state index in [-0.39, 0.29) is 17.6 Å².